The van der Waals surface area contributed by atoms with Crippen LogP contribution < -0.4 is 0 Å². The largest absolute Gasteiger partial charge is 0.361 e. The Balaban J connectivity index is 2.65. The van der Waals surface area contributed by atoms with Gasteiger partial charge in [0.25, 0.3) is 0 Å². The maximum Gasteiger partial charge on any atom is 0.0457 e. The normalized spacial score (nSPS) is 12.6. The number of hydrogen-bond acceptors (Lipinski definition) is 0. The van der Waals surface area contributed by atoms with Crippen LogP contribution in [0.1, 0.15) is 44.7 Å². The monoisotopic (exact) mass is 327 g/mol. The molecule has 1 nitrogen and oxygen atoms in total. The summed E-state index contributed by atoms with van der Waals surface area (Å²) in [4.78, 5) is 3.36. The number of halogens is 1. The maximum atomic E-state index is 3.36. The molecule has 0 atom stereocenters. The van der Waals surface area contributed by atoms with E-state index >= 15 is 0 Å². The van der Waals surface area contributed by atoms with Crippen LogP contribution in [0.15, 0.2) is 24.4 Å². The first kappa shape index (κ1) is 12.0. The van der Waals surface area contributed by atoms with E-state index in [1.54, 1.807) is 0 Å². The summed E-state index contributed by atoms with van der Waals surface area (Å²) in [5.74, 6) is 0.587. The Labute approximate surface area is 111 Å². The minimum atomic E-state index is 0.172. The summed E-state index contributed by atoms with van der Waals surface area (Å²) >= 11 is 2.50. The van der Waals surface area contributed by atoms with E-state index in [0.29, 0.717) is 5.92 Å². The van der Waals surface area contributed by atoms with E-state index in [-0.39, 0.29) is 3.42 Å². The third-order valence-electron chi connectivity index (χ3n) is 3.01. The third-order valence-corrected chi connectivity index (χ3v) is 3.59. The lowest BCUT2D eigenvalue weighted by atomic mass is 9.97. The smallest absolute Gasteiger partial charge is 0.0457 e. The van der Waals surface area contributed by atoms with Gasteiger partial charge in [0, 0.05) is 20.5 Å². The highest BCUT2D eigenvalue weighted by Crippen LogP contribution is 2.36. The number of benzene rings is 1. The molecule has 0 amide bonds. The van der Waals surface area contributed by atoms with Crippen molar-refractivity contribution in [3.05, 3.63) is 35.5 Å². The highest BCUT2D eigenvalue weighted by molar-refractivity contribution is 14.1. The van der Waals surface area contributed by atoms with Crippen molar-refractivity contribution in [3.63, 3.8) is 0 Å². The highest BCUT2D eigenvalue weighted by Gasteiger charge is 2.20. The zero-order valence-electron chi connectivity index (χ0n) is 10.3. The van der Waals surface area contributed by atoms with Crippen LogP contribution in [0.5, 0.6) is 0 Å². The Hall–Kier alpha value is -0.510. The quantitative estimate of drug-likeness (QED) is 0.593. The Morgan fingerprint density at radius 2 is 1.94 bits per heavy atom. The molecule has 1 heterocycles. The average molecular weight is 327 g/mol. The zero-order valence-corrected chi connectivity index (χ0v) is 12.4. The Bertz CT molecular complexity index is 503. The summed E-state index contributed by atoms with van der Waals surface area (Å²) in [6.07, 6.45) is 2.14. The molecule has 0 aliphatic rings. The first-order chi connectivity index (χ1) is 7.39. The molecule has 1 N–H and O–H groups in total. The van der Waals surface area contributed by atoms with Crippen LogP contribution in [-0.4, -0.2) is 4.98 Å². The van der Waals surface area contributed by atoms with Gasteiger partial charge < -0.3 is 4.98 Å². The lowest BCUT2D eigenvalue weighted by Gasteiger charge is -2.16. The molecule has 0 radical (unpaired) electrons. The summed E-state index contributed by atoms with van der Waals surface area (Å²) in [6.45, 7) is 8.97. The second-order valence-corrected chi connectivity index (χ2v) is 7.83. The molecule has 0 saturated heterocycles. The number of fused-ring (bicyclic) bond motifs is 1. The molecule has 0 fully saturated rings. The van der Waals surface area contributed by atoms with Crippen LogP contribution in [0, 0.1) is 0 Å². The molecule has 0 spiro atoms. The molecule has 0 saturated carbocycles. The molecule has 2 heteroatoms. The predicted octanol–water partition coefficient (Wildman–Crippen LogP) is 4.96. The molecule has 0 aliphatic carbocycles. The molecule has 0 bridgehead atoms. The molecular formula is C14H18IN. The van der Waals surface area contributed by atoms with Crippen molar-refractivity contribution in [3.8, 4) is 0 Å². The van der Waals surface area contributed by atoms with Crippen LogP contribution in [0.25, 0.3) is 10.9 Å². The van der Waals surface area contributed by atoms with Crippen molar-refractivity contribution >= 4 is 33.5 Å². The Kier molecular flexibility index (Phi) is 3.03. The van der Waals surface area contributed by atoms with Crippen LogP contribution >= 0.6 is 22.6 Å². The van der Waals surface area contributed by atoms with Crippen molar-refractivity contribution in [2.75, 3.05) is 0 Å². The van der Waals surface area contributed by atoms with Gasteiger partial charge in [-0.05, 0) is 43.0 Å². The van der Waals surface area contributed by atoms with E-state index in [4.69, 9.17) is 0 Å². The van der Waals surface area contributed by atoms with Crippen molar-refractivity contribution < 1.29 is 0 Å². The second kappa shape index (κ2) is 4.06. The van der Waals surface area contributed by atoms with Crippen molar-refractivity contribution in [1.82, 2.24) is 4.98 Å². The summed E-state index contributed by atoms with van der Waals surface area (Å²) in [6, 6.07) is 6.73. The third kappa shape index (κ3) is 2.12. The van der Waals surface area contributed by atoms with E-state index in [1.165, 1.54) is 22.0 Å². The Morgan fingerprint density at radius 1 is 1.25 bits per heavy atom. The molecule has 2 aromatic rings. The van der Waals surface area contributed by atoms with Gasteiger partial charge in [0.1, 0.15) is 0 Å². The van der Waals surface area contributed by atoms with Gasteiger partial charge in [0.15, 0.2) is 0 Å². The number of aromatic amines is 1. The van der Waals surface area contributed by atoms with Gasteiger partial charge in [0.05, 0.1) is 0 Å². The number of alkyl halides is 1. The number of aromatic nitrogens is 1. The summed E-state index contributed by atoms with van der Waals surface area (Å²) in [7, 11) is 0. The predicted molar refractivity (Wildman–Crippen MR) is 79.4 cm³/mol. The Morgan fingerprint density at radius 3 is 2.50 bits per heavy atom. The lowest BCUT2D eigenvalue weighted by molar-refractivity contribution is 0.834. The number of nitrogens with one attached hydrogen (secondary N) is 1. The first-order valence-electron chi connectivity index (χ1n) is 5.70. The van der Waals surface area contributed by atoms with Gasteiger partial charge in [-0.3, -0.25) is 0 Å². The van der Waals surface area contributed by atoms with E-state index < -0.39 is 0 Å². The fraction of sp³-hybridized carbons (Fsp3) is 0.429. The van der Waals surface area contributed by atoms with E-state index in [9.17, 15) is 0 Å². The van der Waals surface area contributed by atoms with E-state index in [1.807, 2.05) is 0 Å². The molecule has 86 valence electrons. The molecule has 0 aliphatic heterocycles. The summed E-state index contributed by atoms with van der Waals surface area (Å²) in [5, 5.41) is 1.37. The minimum Gasteiger partial charge on any atom is -0.361 e. The number of rotatable bonds is 2. The molecule has 0 unspecified atom stereocenters. The zero-order chi connectivity index (χ0) is 11.9. The standard InChI is InChI=1S/C14H18IN/c1-9(2)10-5-6-13-11(7-10)12(8-16-13)14(3,4)15/h5-9,16H,1-4H3. The van der Waals surface area contributed by atoms with Gasteiger partial charge >= 0.3 is 0 Å². The van der Waals surface area contributed by atoms with Gasteiger partial charge in [-0.15, -0.1) is 0 Å². The van der Waals surface area contributed by atoms with Gasteiger partial charge in [-0.25, -0.2) is 0 Å². The van der Waals surface area contributed by atoms with Crippen LogP contribution in [0.2, 0.25) is 0 Å². The lowest BCUT2D eigenvalue weighted by Crippen LogP contribution is -2.05. The van der Waals surface area contributed by atoms with Crippen molar-refractivity contribution in [2.24, 2.45) is 0 Å². The molecule has 16 heavy (non-hydrogen) atoms. The van der Waals surface area contributed by atoms with Crippen molar-refractivity contribution in [2.45, 2.75) is 37.0 Å². The van der Waals surface area contributed by atoms with Crippen LogP contribution in [0.3, 0.4) is 0 Å². The fourth-order valence-corrected chi connectivity index (χ4v) is 2.44. The molecule has 1 aromatic heterocycles. The summed E-state index contributed by atoms with van der Waals surface area (Å²) in [5.41, 5.74) is 4.05. The van der Waals surface area contributed by atoms with Crippen molar-refractivity contribution in [1.29, 1.82) is 0 Å². The van der Waals surface area contributed by atoms with Gasteiger partial charge in [0.2, 0.25) is 0 Å². The molecule has 1 aromatic carbocycles. The average Bonchev–Trinajstić information content (AvgIpc) is 2.58. The highest BCUT2D eigenvalue weighted by atomic mass is 127. The number of H-pyrrole nitrogens is 1. The molecular weight excluding hydrogens is 309 g/mol. The second-order valence-electron chi connectivity index (χ2n) is 5.13. The van der Waals surface area contributed by atoms with Gasteiger partial charge in [-0.2, -0.15) is 0 Å². The summed E-state index contributed by atoms with van der Waals surface area (Å²) < 4.78 is 0.172. The maximum absolute atomic E-state index is 3.36. The van der Waals surface area contributed by atoms with Gasteiger partial charge in [-0.1, -0.05) is 42.5 Å². The SMILES string of the molecule is CC(C)c1ccc2[nH]cc(C(C)(C)I)c2c1. The van der Waals surface area contributed by atoms with E-state index in [2.05, 4.69) is 79.7 Å². The van der Waals surface area contributed by atoms with Crippen LogP contribution in [-0.2, 0) is 3.42 Å². The molecule has 2 rings (SSSR count). The first-order valence-corrected chi connectivity index (χ1v) is 6.78. The minimum absolute atomic E-state index is 0.172. The fourth-order valence-electron chi connectivity index (χ4n) is 1.99. The van der Waals surface area contributed by atoms with Crippen LogP contribution in [0.4, 0.5) is 0 Å². The van der Waals surface area contributed by atoms with E-state index in [0.717, 1.165) is 0 Å². The topological polar surface area (TPSA) is 15.8 Å². The number of hydrogen-bond donors (Lipinski definition) is 1.